The van der Waals surface area contributed by atoms with Gasteiger partial charge in [-0.2, -0.15) is 0 Å². The van der Waals surface area contributed by atoms with Crippen LogP contribution < -0.4 is 5.32 Å². The summed E-state index contributed by atoms with van der Waals surface area (Å²) in [5.74, 6) is 0.377. The molecular weight excluding hydrogens is 312 g/mol. The van der Waals surface area contributed by atoms with E-state index in [4.69, 9.17) is 9.26 Å². The van der Waals surface area contributed by atoms with E-state index in [0.717, 1.165) is 18.2 Å². The first-order valence-corrected chi connectivity index (χ1v) is 7.60. The van der Waals surface area contributed by atoms with Crippen LogP contribution in [0.15, 0.2) is 10.6 Å². The lowest BCUT2D eigenvalue weighted by Gasteiger charge is -2.26. The van der Waals surface area contributed by atoms with E-state index < -0.39 is 0 Å². The standard InChI is InChI=1S/C13H19BrN2O3/c1-18-7-10-6-11(16-19-10)12(17)15-9-13(8-14)4-2-3-5-13/h6H,2-5,7-9H2,1H3,(H,15,17). The summed E-state index contributed by atoms with van der Waals surface area (Å²) in [5, 5.41) is 7.63. The highest BCUT2D eigenvalue weighted by Crippen LogP contribution is 2.38. The van der Waals surface area contributed by atoms with Crippen LogP contribution in [0.25, 0.3) is 0 Å². The maximum Gasteiger partial charge on any atom is 0.273 e. The van der Waals surface area contributed by atoms with Gasteiger partial charge in [0.25, 0.3) is 5.91 Å². The average Bonchev–Trinajstić information content (AvgIpc) is 3.06. The van der Waals surface area contributed by atoms with E-state index in [0.29, 0.717) is 24.6 Å². The van der Waals surface area contributed by atoms with E-state index in [-0.39, 0.29) is 11.3 Å². The molecule has 0 saturated heterocycles. The number of carbonyl (C=O) groups is 1. The lowest BCUT2D eigenvalue weighted by Crippen LogP contribution is -2.37. The van der Waals surface area contributed by atoms with E-state index in [1.807, 2.05) is 0 Å². The highest BCUT2D eigenvalue weighted by Gasteiger charge is 2.33. The number of halogens is 1. The van der Waals surface area contributed by atoms with Gasteiger partial charge in [-0.1, -0.05) is 33.9 Å². The fourth-order valence-corrected chi connectivity index (χ4v) is 3.23. The van der Waals surface area contributed by atoms with Crippen LogP contribution in [0, 0.1) is 5.41 Å². The third kappa shape index (κ3) is 3.57. The molecule has 1 aliphatic rings. The lowest BCUT2D eigenvalue weighted by atomic mass is 9.89. The van der Waals surface area contributed by atoms with Gasteiger partial charge in [-0.15, -0.1) is 0 Å². The molecule has 1 N–H and O–H groups in total. The molecule has 0 atom stereocenters. The molecule has 1 aliphatic carbocycles. The summed E-state index contributed by atoms with van der Waals surface area (Å²) in [4.78, 5) is 12.0. The zero-order chi connectivity index (χ0) is 13.7. The number of amides is 1. The first-order chi connectivity index (χ1) is 9.19. The van der Waals surface area contributed by atoms with Crippen molar-refractivity contribution in [1.82, 2.24) is 10.5 Å². The third-order valence-corrected chi connectivity index (χ3v) is 4.84. The van der Waals surface area contributed by atoms with Crippen molar-refractivity contribution in [3.8, 4) is 0 Å². The molecule has 0 radical (unpaired) electrons. The van der Waals surface area contributed by atoms with Crippen LogP contribution in [0.4, 0.5) is 0 Å². The zero-order valence-corrected chi connectivity index (χ0v) is 12.7. The van der Waals surface area contributed by atoms with Crippen molar-refractivity contribution in [2.75, 3.05) is 19.0 Å². The van der Waals surface area contributed by atoms with Gasteiger partial charge in [0.05, 0.1) is 0 Å². The predicted molar refractivity (Wildman–Crippen MR) is 74.2 cm³/mol. The molecule has 1 amide bonds. The van der Waals surface area contributed by atoms with E-state index >= 15 is 0 Å². The molecule has 0 unspecified atom stereocenters. The first-order valence-electron chi connectivity index (χ1n) is 6.48. The minimum Gasteiger partial charge on any atom is -0.377 e. The number of carbonyl (C=O) groups excluding carboxylic acids is 1. The van der Waals surface area contributed by atoms with E-state index in [2.05, 4.69) is 26.4 Å². The largest absolute Gasteiger partial charge is 0.377 e. The van der Waals surface area contributed by atoms with Crippen LogP contribution in [-0.4, -0.2) is 30.0 Å². The molecule has 2 rings (SSSR count). The number of hydrogen-bond acceptors (Lipinski definition) is 4. The molecule has 5 nitrogen and oxygen atoms in total. The quantitative estimate of drug-likeness (QED) is 0.814. The summed E-state index contributed by atoms with van der Waals surface area (Å²) in [6.45, 7) is 1.01. The molecule has 0 spiro atoms. The summed E-state index contributed by atoms with van der Waals surface area (Å²) in [6, 6.07) is 1.62. The van der Waals surface area contributed by atoms with Gasteiger partial charge in [0.2, 0.25) is 0 Å². The number of hydrogen-bond donors (Lipinski definition) is 1. The summed E-state index contributed by atoms with van der Waals surface area (Å²) in [6.07, 6.45) is 4.80. The molecule has 0 aliphatic heterocycles. The van der Waals surface area contributed by atoms with Crippen LogP contribution >= 0.6 is 15.9 Å². The van der Waals surface area contributed by atoms with Crippen molar-refractivity contribution in [1.29, 1.82) is 0 Å². The fraction of sp³-hybridized carbons (Fsp3) is 0.692. The van der Waals surface area contributed by atoms with Gasteiger partial charge in [-0.25, -0.2) is 0 Å². The minimum absolute atomic E-state index is 0.182. The molecule has 1 fully saturated rings. The zero-order valence-electron chi connectivity index (χ0n) is 11.1. The number of methoxy groups -OCH3 is 1. The number of rotatable bonds is 6. The highest BCUT2D eigenvalue weighted by atomic mass is 79.9. The second-order valence-corrected chi connectivity index (χ2v) is 5.70. The van der Waals surface area contributed by atoms with E-state index in [1.54, 1.807) is 13.2 Å². The van der Waals surface area contributed by atoms with Crippen LogP contribution in [-0.2, 0) is 11.3 Å². The number of nitrogens with zero attached hydrogens (tertiary/aromatic N) is 1. The minimum atomic E-state index is -0.182. The van der Waals surface area contributed by atoms with Gasteiger partial charge in [-0.3, -0.25) is 4.79 Å². The van der Waals surface area contributed by atoms with Crippen LogP contribution in [0.3, 0.4) is 0 Å². The Hall–Kier alpha value is -0.880. The van der Waals surface area contributed by atoms with Crippen molar-refractivity contribution in [3.05, 3.63) is 17.5 Å². The van der Waals surface area contributed by atoms with Crippen molar-refractivity contribution in [3.63, 3.8) is 0 Å². The Bertz CT molecular complexity index is 427. The Balaban J connectivity index is 1.89. The molecule has 1 aromatic rings. The topological polar surface area (TPSA) is 64.4 Å². The third-order valence-electron chi connectivity index (χ3n) is 3.65. The Morgan fingerprint density at radius 2 is 2.32 bits per heavy atom. The number of ether oxygens (including phenoxy) is 1. The van der Waals surface area contributed by atoms with E-state index in [9.17, 15) is 4.79 Å². The summed E-state index contributed by atoms with van der Waals surface area (Å²) >= 11 is 3.56. The molecule has 1 heterocycles. The van der Waals surface area contributed by atoms with Crippen LogP contribution in [0.5, 0.6) is 0 Å². The summed E-state index contributed by atoms with van der Waals surface area (Å²) in [7, 11) is 1.57. The molecular formula is C13H19BrN2O3. The van der Waals surface area contributed by atoms with Crippen molar-refractivity contribution in [2.24, 2.45) is 5.41 Å². The first kappa shape index (κ1) is 14.5. The highest BCUT2D eigenvalue weighted by molar-refractivity contribution is 9.09. The van der Waals surface area contributed by atoms with Crippen LogP contribution in [0.1, 0.15) is 41.9 Å². The van der Waals surface area contributed by atoms with Gasteiger partial charge in [0, 0.05) is 25.1 Å². The van der Waals surface area contributed by atoms with Gasteiger partial charge < -0.3 is 14.6 Å². The van der Waals surface area contributed by atoms with Gasteiger partial charge in [0.15, 0.2) is 11.5 Å². The van der Waals surface area contributed by atoms with Crippen molar-refractivity contribution in [2.45, 2.75) is 32.3 Å². The Morgan fingerprint density at radius 3 is 2.95 bits per heavy atom. The van der Waals surface area contributed by atoms with Crippen molar-refractivity contribution < 1.29 is 14.1 Å². The number of alkyl halides is 1. The second-order valence-electron chi connectivity index (χ2n) is 5.13. The van der Waals surface area contributed by atoms with Crippen LogP contribution in [0.2, 0.25) is 0 Å². The lowest BCUT2D eigenvalue weighted by molar-refractivity contribution is 0.0925. The summed E-state index contributed by atoms with van der Waals surface area (Å²) in [5.41, 5.74) is 0.518. The number of aromatic nitrogens is 1. The molecule has 1 aromatic heterocycles. The monoisotopic (exact) mass is 330 g/mol. The molecule has 19 heavy (non-hydrogen) atoms. The van der Waals surface area contributed by atoms with E-state index in [1.165, 1.54) is 12.8 Å². The van der Waals surface area contributed by atoms with Gasteiger partial charge in [-0.05, 0) is 18.3 Å². The Morgan fingerprint density at radius 1 is 1.58 bits per heavy atom. The molecule has 0 bridgehead atoms. The predicted octanol–water partition coefficient (Wildman–Crippen LogP) is 2.51. The van der Waals surface area contributed by atoms with Gasteiger partial charge in [0.1, 0.15) is 6.61 Å². The number of nitrogens with one attached hydrogen (secondary N) is 1. The summed E-state index contributed by atoms with van der Waals surface area (Å²) < 4.78 is 9.93. The Labute approximate surface area is 121 Å². The fourth-order valence-electron chi connectivity index (χ4n) is 2.47. The molecule has 0 aromatic carbocycles. The maximum absolute atomic E-state index is 12.0. The maximum atomic E-state index is 12.0. The van der Waals surface area contributed by atoms with Gasteiger partial charge >= 0.3 is 0 Å². The normalized spacial score (nSPS) is 17.6. The smallest absolute Gasteiger partial charge is 0.273 e. The second kappa shape index (κ2) is 6.52. The SMILES string of the molecule is COCc1cc(C(=O)NCC2(CBr)CCCC2)no1. The average molecular weight is 331 g/mol. The molecule has 1 saturated carbocycles. The molecule has 106 valence electrons. The molecule has 6 heteroatoms. The Kier molecular flexibility index (Phi) is 4.99. The van der Waals surface area contributed by atoms with Crippen molar-refractivity contribution >= 4 is 21.8 Å².